The Kier molecular flexibility index (Phi) is 4.64. The van der Waals surface area contributed by atoms with Crippen LogP contribution in [0.1, 0.15) is 50.0 Å². The Labute approximate surface area is 136 Å². The van der Waals surface area contributed by atoms with Crippen LogP contribution in [0.4, 0.5) is 0 Å². The maximum atomic E-state index is 12.8. The minimum atomic E-state index is -0.483. The van der Waals surface area contributed by atoms with Gasteiger partial charge in [0.1, 0.15) is 0 Å². The van der Waals surface area contributed by atoms with E-state index in [4.69, 9.17) is 4.74 Å². The summed E-state index contributed by atoms with van der Waals surface area (Å²) in [6, 6.07) is 3.85. The third-order valence-electron chi connectivity index (χ3n) is 5.29. The van der Waals surface area contributed by atoms with E-state index in [1.54, 1.807) is 12.4 Å². The summed E-state index contributed by atoms with van der Waals surface area (Å²) in [5.74, 6) is 0.0528. The molecule has 1 amide bonds. The summed E-state index contributed by atoms with van der Waals surface area (Å²) in [4.78, 5) is 28.7. The molecule has 1 aromatic rings. The highest BCUT2D eigenvalue weighted by Crippen LogP contribution is 2.46. The van der Waals surface area contributed by atoms with E-state index >= 15 is 0 Å². The van der Waals surface area contributed by atoms with Gasteiger partial charge in [-0.3, -0.25) is 14.6 Å². The molecule has 2 aliphatic carbocycles. The highest BCUT2D eigenvalue weighted by Gasteiger charge is 2.51. The number of rotatable bonds is 6. The highest BCUT2D eigenvalue weighted by atomic mass is 16.5. The molecule has 23 heavy (non-hydrogen) atoms. The van der Waals surface area contributed by atoms with Gasteiger partial charge in [-0.05, 0) is 49.3 Å². The van der Waals surface area contributed by atoms with E-state index in [9.17, 15) is 9.59 Å². The molecule has 0 saturated heterocycles. The summed E-state index contributed by atoms with van der Waals surface area (Å²) in [6.07, 6.45) is 9.61. The van der Waals surface area contributed by atoms with Gasteiger partial charge in [0.15, 0.2) is 0 Å². The quantitative estimate of drug-likeness (QED) is 0.818. The van der Waals surface area contributed by atoms with Crippen molar-refractivity contribution in [3.05, 3.63) is 30.1 Å². The van der Waals surface area contributed by atoms with Crippen molar-refractivity contribution in [3.63, 3.8) is 0 Å². The van der Waals surface area contributed by atoms with E-state index in [1.165, 1.54) is 20.0 Å². The fraction of sp³-hybridized carbons (Fsp3) is 0.611. The normalized spacial score (nSPS) is 20.7. The molecule has 2 aliphatic rings. The van der Waals surface area contributed by atoms with Crippen molar-refractivity contribution in [2.24, 2.45) is 11.3 Å². The first-order chi connectivity index (χ1) is 11.2. The summed E-state index contributed by atoms with van der Waals surface area (Å²) in [5, 5.41) is 3.02. The summed E-state index contributed by atoms with van der Waals surface area (Å²) in [6.45, 7) is 0.382. The molecule has 0 spiro atoms. The molecule has 1 aromatic heterocycles. The number of amides is 1. The first-order valence-corrected chi connectivity index (χ1v) is 8.42. The smallest absolute Gasteiger partial charge is 0.313 e. The minimum absolute atomic E-state index is 0.0262. The van der Waals surface area contributed by atoms with Gasteiger partial charge in [0.05, 0.1) is 18.4 Å². The van der Waals surface area contributed by atoms with Crippen LogP contribution in [0.2, 0.25) is 0 Å². The molecule has 1 heterocycles. The number of pyridine rings is 1. The average molecular weight is 316 g/mol. The van der Waals surface area contributed by atoms with E-state index in [2.05, 4.69) is 10.3 Å². The Hall–Kier alpha value is -1.91. The van der Waals surface area contributed by atoms with Gasteiger partial charge in [-0.25, -0.2) is 0 Å². The van der Waals surface area contributed by atoms with E-state index in [1.807, 2.05) is 12.1 Å². The molecule has 1 atom stereocenters. The monoisotopic (exact) mass is 316 g/mol. The fourth-order valence-electron chi connectivity index (χ4n) is 3.69. The molecule has 1 unspecified atom stereocenters. The number of nitrogens with zero attached hydrogens (tertiary/aromatic N) is 1. The predicted octanol–water partition coefficient (Wildman–Crippen LogP) is 2.42. The summed E-state index contributed by atoms with van der Waals surface area (Å²) in [7, 11) is 1.41. The number of hydrogen-bond donors (Lipinski definition) is 1. The van der Waals surface area contributed by atoms with Crippen LogP contribution in [-0.2, 0) is 14.3 Å². The number of ether oxygens (including phenoxy) is 1. The first kappa shape index (κ1) is 16.0. The van der Waals surface area contributed by atoms with Crippen LogP contribution in [0.5, 0.6) is 0 Å². The lowest BCUT2D eigenvalue weighted by molar-refractivity contribution is -0.147. The van der Waals surface area contributed by atoms with Crippen LogP contribution < -0.4 is 5.32 Å². The SMILES string of the molecule is COC(=O)C1(CNC(=O)C(c2ccncc2)C2CCCC2)CC1. The van der Waals surface area contributed by atoms with Crippen LogP contribution in [0.3, 0.4) is 0 Å². The lowest BCUT2D eigenvalue weighted by Crippen LogP contribution is -2.39. The summed E-state index contributed by atoms with van der Waals surface area (Å²) < 4.78 is 4.86. The summed E-state index contributed by atoms with van der Waals surface area (Å²) >= 11 is 0. The Bertz CT molecular complexity index is 563. The standard InChI is InChI=1S/C18H24N2O3/c1-23-17(22)18(8-9-18)12-20-16(21)15(13-4-2-3-5-13)14-6-10-19-11-7-14/h6-7,10-11,13,15H,2-5,8-9,12H2,1H3,(H,20,21). The van der Waals surface area contributed by atoms with Crippen LogP contribution in [0.15, 0.2) is 24.5 Å². The number of methoxy groups -OCH3 is 1. The van der Waals surface area contributed by atoms with E-state index in [0.717, 1.165) is 31.2 Å². The topological polar surface area (TPSA) is 68.3 Å². The predicted molar refractivity (Wildman–Crippen MR) is 85.6 cm³/mol. The zero-order valence-corrected chi connectivity index (χ0v) is 13.6. The van der Waals surface area contributed by atoms with Gasteiger partial charge in [-0.2, -0.15) is 0 Å². The van der Waals surface area contributed by atoms with Crippen molar-refractivity contribution in [2.75, 3.05) is 13.7 Å². The van der Waals surface area contributed by atoms with Crippen LogP contribution >= 0.6 is 0 Å². The van der Waals surface area contributed by atoms with Crippen molar-refractivity contribution >= 4 is 11.9 Å². The molecule has 5 heteroatoms. The molecule has 0 bridgehead atoms. The van der Waals surface area contributed by atoms with Gasteiger partial charge in [0.2, 0.25) is 5.91 Å². The van der Waals surface area contributed by atoms with Gasteiger partial charge >= 0.3 is 5.97 Å². The Balaban J connectivity index is 1.70. The average Bonchev–Trinajstić information content (AvgIpc) is 3.20. The Morgan fingerprint density at radius 1 is 1.30 bits per heavy atom. The number of nitrogens with one attached hydrogen (secondary N) is 1. The van der Waals surface area contributed by atoms with Crippen molar-refractivity contribution in [1.29, 1.82) is 0 Å². The number of esters is 1. The fourth-order valence-corrected chi connectivity index (χ4v) is 3.69. The molecule has 124 valence electrons. The van der Waals surface area contributed by atoms with Crippen molar-refractivity contribution in [2.45, 2.75) is 44.4 Å². The molecule has 5 nitrogen and oxygen atoms in total. The lowest BCUT2D eigenvalue weighted by Gasteiger charge is -2.24. The number of aromatic nitrogens is 1. The molecule has 2 saturated carbocycles. The second-order valence-corrected chi connectivity index (χ2v) is 6.79. The molecular formula is C18H24N2O3. The lowest BCUT2D eigenvalue weighted by atomic mass is 9.84. The van der Waals surface area contributed by atoms with Crippen LogP contribution in [-0.4, -0.2) is 30.5 Å². The van der Waals surface area contributed by atoms with E-state index < -0.39 is 5.41 Å². The number of carbonyl (C=O) groups excluding carboxylic acids is 2. The Morgan fingerprint density at radius 2 is 1.96 bits per heavy atom. The third kappa shape index (κ3) is 3.38. The first-order valence-electron chi connectivity index (χ1n) is 8.42. The zero-order chi connectivity index (χ0) is 16.3. The van der Waals surface area contributed by atoms with Crippen molar-refractivity contribution in [3.8, 4) is 0 Å². The van der Waals surface area contributed by atoms with Gasteiger partial charge in [0.25, 0.3) is 0 Å². The zero-order valence-electron chi connectivity index (χ0n) is 13.6. The third-order valence-corrected chi connectivity index (χ3v) is 5.29. The summed E-state index contributed by atoms with van der Waals surface area (Å²) in [5.41, 5.74) is 0.537. The van der Waals surface area contributed by atoms with Gasteiger partial charge < -0.3 is 10.1 Å². The molecule has 2 fully saturated rings. The van der Waals surface area contributed by atoms with Gasteiger partial charge in [-0.1, -0.05) is 12.8 Å². The second-order valence-electron chi connectivity index (χ2n) is 6.79. The van der Waals surface area contributed by atoms with Crippen molar-refractivity contribution < 1.29 is 14.3 Å². The number of hydrogen-bond acceptors (Lipinski definition) is 4. The minimum Gasteiger partial charge on any atom is -0.469 e. The molecule has 3 rings (SSSR count). The molecule has 0 aliphatic heterocycles. The van der Waals surface area contributed by atoms with E-state index in [0.29, 0.717) is 12.5 Å². The maximum absolute atomic E-state index is 12.8. The van der Waals surface area contributed by atoms with Gasteiger partial charge in [0, 0.05) is 18.9 Å². The van der Waals surface area contributed by atoms with Gasteiger partial charge in [-0.15, -0.1) is 0 Å². The number of carbonyl (C=O) groups is 2. The Morgan fingerprint density at radius 3 is 2.52 bits per heavy atom. The van der Waals surface area contributed by atoms with E-state index in [-0.39, 0.29) is 17.8 Å². The maximum Gasteiger partial charge on any atom is 0.313 e. The highest BCUT2D eigenvalue weighted by molar-refractivity contribution is 5.86. The second kappa shape index (κ2) is 6.69. The molecule has 1 N–H and O–H groups in total. The van der Waals surface area contributed by atoms with Crippen LogP contribution in [0.25, 0.3) is 0 Å². The molecular weight excluding hydrogens is 292 g/mol. The van der Waals surface area contributed by atoms with Crippen molar-refractivity contribution in [1.82, 2.24) is 10.3 Å². The molecule has 0 radical (unpaired) electrons. The largest absolute Gasteiger partial charge is 0.469 e. The molecule has 0 aromatic carbocycles. The van der Waals surface area contributed by atoms with Crippen LogP contribution in [0, 0.1) is 11.3 Å².